The quantitative estimate of drug-likeness (QED) is 0.0835. The molecule has 2 aromatic carbocycles. The van der Waals surface area contributed by atoms with Crippen LogP contribution in [0, 0.1) is 17.5 Å². The minimum atomic E-state index is -1.43. The van der Waals surface area contributed by atoms with Gasteiger partial charge in [-0.15, -0.1) is 0 Å². The molecule has 0 saturated carbocycles. The Morgan fingerprint density at radius 1 is 0.912 bits per heavy atom. The number of benzene rings is 2. The van der Waals surface area contributed by atoms with Crippen molar-refractivity contribution in [3.63, 3.8) is 0 Å². The Balaban J connectivity index is 1.52. The lowest BCUT2D eigenvalue weighted by Gasteiger charge is -2.20. The van der Waals surface area contributed by atoms with Crippen molar-refractivity contribution in [3.8, 4) is 0 Å². The molecular weight excluding hydrogens is 773 g/mol. The van der Waals surface area contributed by atoms with Crippen LogP contribution in [-0.2, 0) is 47.4 Å². The first kappa shape index (κ1) is 42.4. The summed E-state index contributed by atoms with van der Waals surface area (Å²) in [6.07, 6.45) is 3.42. The van der Waals surface area contributed by atoms with E-state index in [9.17, 15) is 28.0 Å². The third-order valence-electron chi connectivity index (χ3n) is 8.23. The molecule has 306 valence electrons. The molecule has 0 fully saturated rings. The summed E-state index contributed by atoms with van der Waals surface area (Å²) >= 11 is 6.80. The minimum absolute atomic E-state index is 0.0701. The van der Waals surface area contributed by atoms with Gasteiger partial charge in [-0.1, -0.05) is 11.6 Å². The van der Waals surface area contributed by atoms with Crippen LogP contribution in [0.15, 0.2) is 40.3 Å². The maximum Gasteiger partial charge on any atom is 0.407 e. The molecule has 0 bridgehead atoms. The van der Waals surface area contributed by atoms with E-state index >= 15 is 4.39 Å². The van der Waals surface area contributed by atoms with Crippen LogP contribution in [0.4, 0.5) is 29.6 Å². The zero-order chi connectivity index (χ0) is 41.8. The van der Waals surface area contributed by atoms with Gasteiger partial charge in [-0.2, -0.15) is 15.2 Å². The molecular formula is C37H44ClF3N10O6. The van der Waals surface area contributed by atoms with Crippen molar-refractivity contribution in [2.75, 3.05) is 11.9 Å². The van der Waals surface area contributed by atoms with Crippen LogP contribution in [0.1, 0.15) is 77.8 Å². The Morgan fingerprint density at radius 3 is 2.32 bits per heavy atom. The number of nitrogens with one attached hydrogen (secondary N) is 2. The van der Waals surface area contributed by atoms with Gasteiger partial charge in [0.1, 0.15) is 29.2 Å². The van der Waals surface area contributed by atoms with Crippen LogP contribution in [0.3, 0.4) is 0 Å². The summed E-state index contributed by atoms with van der Waals surface area (Å²) in [5, 5.41) is 15.1. The number of ether oxygens (including phenoxy) is 2. The fourth-order valence-electron chi connectivity index (χ4n) is 5.85. The smallest absolute Gasteiger partial charge is 0.407 e. The summed E-state index contributed by atoms with van der Waals surface area (Å²) in [6.45, 7) is 9.76. The van der Waals surface area contributed by atoms with Gasteiger partial charge in [0, 0.05) is 49.8 Å². The van der Waals surface area contributed by atoms with Crippen LogP contribution < -0.4 is 22.0 Å². The number of anilines is 2. The molecule has 0 spiro atoms. The van der Waals surface area contributed by atoms with Gasteiger partial charge >= 0.3 is 23.4 Å². The Bertz CT molecular complexity index is 2410. The van der Waals surface area contributed by atoms with E-state index in [2.05, 4.69) is 30.8 Å². The highest BCUT2D eigenvalue weighted by molar-refractivity contribution is 6.34. The van der Waals surface area contributed by atoms with E-state index in [1.165, 1.54) is 11.0 Å². The van der Waals surface area contributed by atoms with E-state index in [1.807, 2.05) is 0 Å². The summed E-state index contributed by atoms with van der Waals surface area (Å²) < 4.78 is 58.7. The Kier molecular flexibility index (Phi) is 12.8. The zero-order valence-electron chi connectivity index (χ0n) is 32.6. The van der Waals surface area contributed by atoms with E-state index in [0.29, 0.717) is 47.9 Å². The molecule has 0 radical (unpaired) electrons. The number of esters is 1. The number of aryl methyl sites for hydroxylation is 3. The summed E-state index contributed by atoms with van der Waals surface area (Å²) in [5.41, 5.74) is -2.48. The van der Waals surface area contributed by atoms with E-state index in [4.69, 9.17) is 21.1 Å². The monoisotopic (exact) mass is 816 g/mol. The second kappa shape index (κ2) is 17.2. The molecule has 0 unspecified atom stereocenters. The fourth-order valence-corrected chi connectivity index (χ4v) is 6.12. The van der Waals surface area contributed by atoms with E-state index < -0.39 is 70.7 Å². The number of hydrogen-bond donors (Lipinski definition) is 2. The molecule has 5 aromatic rings. The minimum Gasteiger partial charge on any atom is -0.460 e. The maximum absolute atomic E-state index is 15.1. The molecule has 0 saturated heterocycles. The molecule has 5 rings (SSSR count). The molecule has 0 atom stereocenters. The average molecular weight is 817 g/mol. The number of fused-ring (bicyclic) bond motifs is 1. The average Bonchev–Trinajstić information content (AvgIpc) is 3.69. The van der Waals surface area contributed by atoms with Gasteiger partial charge in [-0.3, -0.25) is 14.0 Å². The number of rotatable bonds is 14. The maximum atomic E-state index is 15.1. The predicted molar refractivity (Wildman–Crippen MR) is 204 cm³/mol. The molecule has 0 aliphatic carbocycles. The van der Waals surface area contributed by atoms with Gasteiger partial charge in [0.15, 0.2) is 11.6 Å². The standard InChI is InChI=1S/C37H44ClF3N10O6/c1-36(2,3)56-30(52)11-9-13-51-29(43-20-44-51)19-50-33(53)46-32(49(35(50)55)17-21-14-26(40)27(41)16-25(21)39)45-31-22(10-8-12-42-34(54)57-37(4,5)6)23-18-48(7)47-28(23)15-24(31)38/h14-16,18,20H,8-13,17,19H2,1-7H3,(H,42,54)(H,45,46,53). The highest BCUT2D eigenvalue weighted by Crippen LogP contribution is 2.36. The second-order valence-electron chi connectivity index (χ2n) is 15.2. The molecule has 20 heteroatoms. The number of alkyl carbamates (subject to hydrolysis) is 1. The highest BCUT2D eigenvalue weighted by Gasteiger charge is 2.23. The van der Waals surface area contributed by atoms with Gasteiger partial charge in [-0.05, 0) is 78.5 Å². The van der Waals surface area contributed by atoms with Crippen molar-refractivity contribution >= 4 is 46.2 Å². The third kappa shape index (κ3) is 11.0. The van der Waals surface area contributed by atoms with Crippen molar-refractivity contribution < 1.29 is 32.2 Å². The van der Waals surface area contributed by atoms with Crippen LogP contribution in [0.5, 0.6) is 0 Å². The molecule has 1 amide bonds. The topological polar surface area (TPSA) is 182 Å². The summed E-state index contributed by atoms with van der Waals surface area (Å²) in [7, 11) is 1.71. The highest BCUT2D eigenvalue weighted by atomic mass is 35.5. The number of nitrogens with zero attached hydrogens (tertiary/aromatic N) is 8. The van der Waals surface area contributed by atoms with Gasteiger partial charge in [0.2, 0.25) is 5.95 Å². The van der Waals surface area contributed by atoms with Crippen molar-refractivity contribution in [3.05, 3.63) is 91.1 Å². The largest absolute Gasteiger partial charge is 0.460 e. The van der Waals surface area contributed by atoms with Crippen molar-refractivity contribution in [1.29, 1.82) is 0 Å². The molecule has 16 nitrogen and oxygen atoms in total. The fraction of sp³-hybridized carbons (Fsp3) is 0.459. The predicted octanol–water partition coefficient (Wildman–Crippen LogP) is 5.37. The molecule has 3 aromatic heterocycles. The number of halogens is 4. The first-order valence-corrected chi connectivity index (χ1v) is 18.4. The van der Waals surface area contributed by atoms with Crippen molar-refractivity contribution in [2.24, 2.45) is 7.05 Å². The summed E-state index contributed by atoms with van der Waals surface area (Å²) in [5.74, 6) is -4.58. The SMILES string of the molecule is Cn1cc2c(CCCNC(=O)OC(C)(C)C)c(Nc3nc(=O)n(Cc4ncnn4CCCC(=O)OC(C)(C)C)c(=O)n3Cc3cc(F)c(F)cc3F)c(Cl)cc2n1. The summed E-state index contributed by atoms with van der Waals surface area (Å²) in [4.78, 5) is 60.7. The van der Waals surface area contributed by atoms with Crippen molar-refractivity contribution in [1.82, 2.24) is 44.0 Å². The van der Waals surface area contributed by atoms with Crippen LogP contribution in [0.2, 0.25) is 5.02 Å². The zero-order valence-corrected chi connectivity index (χ0v) is 33.3. The van der Waals surface area contributed by atoms with Crippen LogP contribution in [0.25, 0.3) is 10.9 Å². The lowest BCUT2D eigenvalue weighted by atomic mass is 10.0. The first-order chi connectivity index (χ1) is 26.7. The van der Waals surface area contributed by atoms with Gasteiger partial charge in [0.05, 0.1) is 29.3 Å². The summed E-state index contributed by atoms with van der Waals surface area (Å²) in [6, 6.07) is 2.52. The lowest BCUT2D eigenvalue weighted by molar-refractivity contribution is -0.155. The Labute approximate surface area is 330 Å². The van der Waals surface area contributed by atoms with E-state index in [1.54, 1.807) is 65.5 Å². The number of amides is 1. The number of aromatic nitrogens is 8. The van der Waals surface area contributed by atoms with Crippen molar-refractivity contribution in [2.45, 2.75) is 98.1 Å². The molecule has 3 heterocycles. The van der Waals surface area contributed by atoms with E-state index in [0.717, 1.165) is 9.13 Å². The molecule has 0 aliphatic heterocycles. The second-order valence-corrected chi connectivity index (χ2v) is 15.6. The molecule has 2 N–H and O–H groups in total. The first-order valence-electron chi connectivity index (χ1n) is 18.0. The number of carbonyl (C=O) groups excluding carboxylic acids is 2. The molecule has 0 aliphatic rings. The van der Waals surface area contributed by atoms with Gasteiger partial charge < -0.3 is 20.1 Å². The lowest BCUT2D eigenvalue weighted by Crippen LogP contribution is -2.43. The van der Waals surface area contributed by atoms with Crippen LogP contribution >= 0.6 is 11.6 Å². The number of hydrogen-bond acceptors (Lipinski definition) is 11. The molecule has 57 heavy (non-hydrogen) atoms. The number of carbonyl (C=O) groups is 2. The Hall–Kier alpha value is -5.72. The Morgan fingerprint density at radius 2 is 1.61 bits per heavy atom. The normalized spacial score (nSPS) is 11.9. The third-order valence-corrected chi connectivity index (χ3v) is 8.53. The van der Waals surface area contributed by atoms with Gasteiger partial charge in [0.25, 0.3) is 0 Å². The van der Waals surface area contributed by atoms with Crippen LogP contribution in [-0.4, -0.2) is 68.5 Å². The van der Waals surface area contributed by atoms with E-state index in [-0.39, 0.29) is 42.0 Å². The van der Waals surface area contributed by atoms with Gasteiger partial charge in [-0.25, -0.2) is 41.8 Å².